The lowest BCUT2D eigenvalue weighted by atomic mass is 9.90. The summed E-state index contributed by atoms with van der Waals surface area (Å²) in [4.78, 5) is 10.5. The number of furan rings is 1. The Kier molecular flexibility index (Phi) is 6.81. The molecule has 8 aromatic carbocycles. The molecule has 0 aliphatic heterocycles. The first kappa shape index (κ1) is 29.1. The van der Waals surface area contributed by atoms with Gasteiger partial charge in [0.2, 0.25) is 0 Å². The highest BCUT2D eigenvalue weighted by Crippen LogP contribution is 2.44. The molecule has 0 amide bonds. The molecule has 51 heavy (non-hydrogen) atoms. The molecule has 238 valence electrons. The summed E-state index contributed by atoms with van der Waals surface area (Å²) >= 11 is 0. The zero-order chi connectivity index (χ0) is 33.7. The second-order valence-corrected chi connectivity index (χ2v) is 12.9. The lowest BCUT2D eigenvalue weighted by molar-refractivity contribution is 0.669. The van der Waals surface area contributed by atoms with E-state index in [-0.39, 0.29) is 0 Å². The van der Waals surface area contributed by atoms with E-state index in [0.29, 0.717) is 5.82 Å². The number of aromatic nitrogens is 2. The van der Waals surface area contributed by atoms with Crippen molar-refractivity contribution < 1.29 is 4.42 Å². The third kappa shape index (κ3) is 4.98. The monoisotopic (exact) mass is 650 g/mol. The van der Waals surface area contributed by atoms with Crippen LogP contribution in [0.15, 0.2) is 186 Å². The van der Waals surface area contributed by atoms with E-state index in [1.54, 1.807) is 0 Å². The zero-order valence-corrected chi connectivity index (χ0v) is 27.6. The summed E-state index contributed by atoms with van der Waals surface area (Å²) in [7, 11) is 0. The van der Waals surface area contributed by atoms with Crippen LogP contribution in [0, 0.1) is 0 Å². The van der Waals surface area contributed by atoms with Gasteiger partial charge in [-0.3, -0.25) is 0 Å². The van der Waals surface area contributed by atoms with Crippen molar-refractivity contribution in [3.63, 3.8) is 0 Å². The lowest BCUT2D eigenvalue weighted by Gasteiger charge is -2.15. The minimum atomic E-state index is 0.669. The molecule has 10 aromatic rings. The predicted molar refractivity (Wildman–Crippen MR) is 212 cm³/mol. The van der Waals surface area contributed by atoms with Gasteiger partial charge in [0, 0.05) is 33.0 Å². The van der Waals surface area contributed by atoms with E-state index in [1.165, 1.54) is 32.7 Å². The lowest BCUT2D eigenvalue weighted by Crippen LogP contribution is -1.98. The number of hydrogen-bond acceptors (Lipinski definition) is 3. The molecule has 3 nitrogen and oxygen atoms in total. The van der Waals surface area contributed by atoms with Gasteiger partial charge in [-0.15, -0.1) is 0 Å². The SMILES string of the molecule is c1ccc(-c2cc(-c3ccccc3)nc(-c3ccc4oc5ccccc5c4c3-c3ccc(-c4cc5ccccc5c5ccccc45)cc3)n2)cc1. The fourth-order valence-electron chi connectivity index (χ4n) is 7.49. The van der Waals surface area contributed by atoms with Crippen LogP contribution in [-0.4, -0.2) is 9.97 Å². The maximum absolute atomic E-state index is 6.43. The summed E-state index contributed by atoms with van der Waals surface area (Å²) < 4.78 is 6.43. The second-order valence-electron chi connectivity index (χ2n) is 12.9. The topological polar surface area (TPSA) is 38.9 Å². The van der Waals surface area contributed by atoms with Gasteiger partial charge >= 0.3 is 0 Å². The van der Waals surface area contributed by atoms with E-state index in [0.717, 1.165) is 61.1 Å². The molecule has 0 spiro atoms. The van der Waals surface area contributed by atoms with E-state index in [9.17, 15) is 0 Å². The number of benzene rings is 8. The molecule has 2 heterocycles. The molecule has 0 unspecified atom stereocenters. The van der Waals surface area contributed by atoms with E-state index < -0.39 is 0 Å². The highest BCUT2D eigenvalue weighted by Gasteiger charge is 2.21. The quantitative estimate of drug-likeness (QED) is 0.174. The Bertz CT molecular complexity index is 2830. The van der Waals surface area contributed by atoms with Gasteiger partial charge in [0.1, 0.15) is 11.2 Å². The minimum absolute atomic E-state index is 0.669. The largest absolute Gasteiger partial charge is 0.456 e. The zero-order valence-electron chi connectivity index (χ0n) is 27.6. The number of hydrogen-bond donors (Lipinski definition) is 0. The summed E-state index contributed by atoms with van der Waals surface area (Å²) in [5.41, 5.74) is 11.0. The van der Waals surface area contributed by atoms with Gasteiger partial charge in [-0.25, -0.2) is 9.97 Å². The van der Waals surface area contributed by atoms with Crippen LogP contribution in [0.2, 0.25) is 0 Å². The highest BCUT2D eigenvalue weighted by atomic mass is 16.3. The van der Waals surface area contributed by atoms with E-state index >= 15 is 0 Å². The molecule has 0 saturated heterocycles. The van der Waals surface area contributed by atoms with Crippen molar-refractivity contribution in [2.75, 3.05) is 0 Å². The summed E-state index contributed by atoms with van der Waals surface area (Å²) in [5, 5.41) is 7.13. The van der Waals surface area contributed by atoms with Crippen LogP contribution in [0.1, 0.15) is 0 Å². The Morgan fingerprint density at radius 2 is 0.922 bits per heavy atom. The molecular formula is C48H30N2O. The summed E-state index contributed by atoms with van der Waals surface area (Å²) in [6.07, 6.45) is 0. The van der Waals surface area contributed by atoms with Gasteiger partial charge in [0.25, 0.3) is 0 Å². The third-order valence-electron chi connectivity index (χ3n) is 9.90. The van der Waals surface area contributed by atoms with Crippen molar-refractivity contribution in [3.8, 4) is 56.2 Å². The normalized spacial score (nSPS) is 11.5. The van der Waals surface area contributed by atoms with Crippen LogP contribution in [-0.2, 0) is 0 Å². The predicted octanol–water partition coefficient (Wildman–Crippen LogP) is 13.0. The molecule has 0 bridgehead atoms. The number of rotatable bonds is 5. The maximum Gasteiger partial charge on any atom is 0.161 e. The Morgan fingerprint density at radius 1 is 0.353 bits per heavy atom. The number of fused-ring (bicyclic) bond motifs is 6. The Balaban J connectivity index is 1.21. The van der Waals surface area contributed by atoms with Crippen LogP contribution in [0.5, 0.6) is 0 Å². The van der Waals surface area contributed by atoms with Crippen molar-refractivity contribution in [1.29, 1.82) is 0 Å². The van der Waals surface area contributed by atoms with Crippen LogP contribution in [0.3, 0.4) is 0 Å². The van der Waals surface area contributed by atoms with Crippen molar-refractivity contribution in [3.05, 3.63) is 182 Å². The summed E-state index contributed by atoms with van der Waals surface area (Å²) in [5.74, 6) is 0.669. The van der Waals surface area contributed by atoms with Crippen LogP contribution in [0.25, 0.3) is 99.6 Å². The smallest absolute Gasteiger partial charge is 0.161 e. The molecule has 0 aliphatic rings. The fraction of sp³-hybridized carbons (Fsp3) is 0. The van der Waals surface area contributed by atoms with Crippen LogP contribution < -0.4 is 0 Å². The molecule has 0 N–H and O–H groups in total. The fourth-order valence-corrected chi connectivity index (χ4v) is 7.49. The molecule has 0 aliphatic carbocycles. The van der Waals surface area contributed by atoms with Crippen molar-refractivity contribution >= 4 is 43.5 Å². The first-order chi connectivity index (χ1) is 25.3. The Morgan fingerprint density at radius 3 is 1.63 bits per heavy atom. The van der Waals surface area contributed by atoms with Gasteiger partial charge in [0.05, 0.1) is 11.4 Å². The average molecular weight is 651 g/mol. The van der Waals surface area contributed by atoms with Gasteiger partial charge in [-0.2, -0.15) is 0 Å². The Labute approximate surface area is 295 Å². The molecule has 10 rings (SSSR count). The molecule has 0 atom stereocenters. The van der Waals surface area contributed by atoms with Crippen molar-refractivity contribution in [2.24, 2.45) is 0 Å². The molecule has 2 aromatic heterocycles. The van der Waals surface area contributed by atoms with Gasteiger partial charge in [-0.1, -0.05) is 152 Å². The first-order valence-corrected chi connectivity index (χ1v) is 17.2. The van der Waals surface area contributed by atoms with Crippen molar-refractivity contribution in [2.45, 2.75) is 0 Å². The van der Waals surface area contributed by atoms with Crippen LogP contribution in [0.4, 0.5) is 0 Å². The van der Waals surface area contributed by atoms with Gasteiger partial charge in [-0.05, 0) is 68.6 Å². The van der Waals surface area contributed by atoms with E-state index in [4.69, 9.17) is 14.4 Å². The number of nitrogens with zero attached hydrogens (tertiary/aromatic N) is 2. The second kappa shape index (κ2) is 11.9. The van der Waals surface area contributed by atoms with Gasteiger partial charge < -0.3 is 4.42 Å². The molecule has 0 fully saturated rings. The Hall–Kier alpha value is -6.84. The maximum atomic E-state index is 6.43. The molecule has 3 heteroatoms. The third-order valence-corrected chi connectivity index (χ3v) is 9.90. The van der Waals surface area contributed by atoms with Crippen LogP contribution >= 0.6 is 0 Å². The first-order valence-electron chi connectivity index (χ1n) is 17.2. The number of para-hydroxylation sites is 1. The van der Waals surface area contributed by atoms with E-state index in [2.05, 4.69) is 158 Å². The molecule has 0 saturated carbocycles. The van der Waals surface area contributed by atoms with Gasteiger partial charge in [0.15, 0.2) is 5.82 Å². The highest BCUT2D eigenvalue weighted by molar-refractivity contribution is 6.16. The molecular weight excluding hydrogens is 621 g/mol. The molecule has 0 radical (unpaired) electrons. The summed E-state index contributed by atoms with van der Waals surface area (Å²) in [6, 6.07) is 63.8. The standard InChI is InChI=1S/C48H30N2O/c1-3-13-32(14-4-1)42-30-43(33-15-5-2-6-16-33)50-48(49-42)40-27-28-45-47(39-21-11-12-22-44(39)51-45)46(40)34-25-23-31(24-26-34)41-29-35-17-7-8-18-36(35)37-19-9-10-20-38(37)41/h1-30H. The average Bonchev–Trinajstić information content (AvgIpc) is 3.60. The van der Waals surface area contributed by atoms with E-state index in [1.807, 2.05) is 24.3 Å². The summed E-state index contributed by atoms with van der Waals surface area (Å²) in [6.45, 7) is 0. The van der Waals surface area contributed by atoms with Crippen molar-refractivity contribution in [1.82, 2.24) is 9.97 Å². The minimum Gasteiger partial charge on any atom is -0.456 e.